The van der Waals surface area contributed by atoms with Gasteiger partial charge in [0.1, 0.15) is 11.5 Å². The molecule has 0 unspecified atom stereocenters. The molecule has 1 aromatic carbocycles. The van der Waals surface area contributed by atoms with Crippen LogP contribution in [0.25, 0.3) is 0 Å². The van der Waals surface area contributed by atoms with Gasteiger partial charge in [0.15, 0.2) is 5.43 Å². The first-order chi connectivity index (χ1) is 8.13. The Labute approximate surface area is 101 Å². The van der Waals surface area contributed by atoms with Crippen LogP contribution in [0.5, 0.6) is 0 Å². The maximum absolute atomic E-state index is 11.3. The topological polar surface area (TPSA) is 30.2 Å². The van der Waals surface area contributed by atoms with E-state index in [1.54, 1.807) is 13.0 Å². The zero-order chi connectivity index (χ0) is 12.3. The molecule has 0 fully saturated rings. The third-order valence-electron chi connectivity index (χ3n) is 2.68. The van der Waals surface area contributed by atoms with Crippen molar-refractivity contribution < 1.29 is 4.42 Å². The molecule has 0 aliphatic carbocycles. The summed E-state index contributed by atoms with van der Waals surface area (Å²) in [4.78, 5) is 11.3. The van der Waals surface area contributed by atoms with E-state index in [0.717, 1.165) is 18.6 Å². The number of hydrogen-bond acceptors (Lipinski definition) is 2. The van der Waals surface area contributed by atoms with Gasteiger partial charge in [-0.1, -0.05) is 29.8 Å². The molecule has 0 aliphatic heterocycles. The van der Waals surface area contributed by atoms with Gasteiger partial charge >= 0.3 is 0 Å². The fraction of sp³-hybridized carbons (Fsp3) is 0.267. The number of benzene rings is 1. The summed E-state index contributed by atoms with van der Waals surface area (Å²) in [5.41, 5.74) is 2.55. The van der Waals surface area contributed by atoms with Gasteiger partial charge in [0.25, 0.3) is 0 Å². The molecule has 0 amide bonds. The van der Waals surface area contributed by atoms with Crippen LogP contribution < -0.4 is 5.43 Å². The molecule has 17 heavy (non-hydrogen) atoms. The molecule has 0 bridgehead atoms. The van der Waals surface area contributed by atoms with Crippen molar-refractivity contribution in [2.75, 3.05) is 0 Å². The van der Waals surface area contributed by atoms with Crippen LogP contribution in [0, 0.1) is 13.8 Å². The molecule has 2 rings (SSSR count). The Bertz CT molecular complexity index is 567. The molecule has 0 aliphatic rings. The van der Waals surface area contributed by atoms with Crippen molar-refractivity contribution in [3.63, 3.8) is 0 Å². The summed E-state index contributed by atoms with van der Waals surface area (Å²) in [6.45, 7) is 3.88. The molecule has 0 saturated carbocycles. The van der Waals surface area contributed by atoms with E-state index in [1.807, 2.05) is 0 Å². The molecular formula is C15H16O2. The molecule has 1 heterocycles. The molecule has 88 valence electrons. The van der Waals surface area contributed by atoms with E-state index >= 15 is 0 Å². The first-order valence-electron chi connectivity index (χ1n) is 5.80. The first kappa shape index (κ1) is 11.6. The summed E-state index contributed by atoms with van der Waals surface area (Å²) in [5, 5.41) is 0. The van der Waals surface area contributed by atoms with E-state index in [4.69, 9.17) is 4.42 Å². The van der Waals surface area contributed by atoms with E-state index in [1.165, 1.54) is 17.2 Å². The van der Waals surface area contributed by atoms with E-state index in [9.17, 15) is 4.79 Å². The minimum absolute atomic E-state index is 0.0213. The highest BCUT2D eigenvalue weighted by Gasteiger charge is 2.00. The van der Waals surface area contributed by atoms with Crippen LogP contribution in [0.2, 0.25) is 0 Å². The predicted molar refractivity (Wildman–Crippen MR) is 68.3 cm³/mol. The molecule has 0 spiro atoms. The lowest BCUT2D eigenvalue weighted by molar-refractivity contribution is 0.462. The van der Waals surface area contributed by atoms with Gasteiger partial charge in [0, 0.05) is 18.6 Å². The lowest BCUT2D eigenvalue weighted by Crippen LogP contribution is -2.02. The second kappa shape index (κ2) is 5.00. The van der Waals surface area contributed by atoms with Crippen molar-refractivity contribution in [1.82, 2.24) is 0 Å². The molecule has 0 saturated heterocycles. The molecular weight excluding hydrogens is 212 g/mol. The average molecular weight is 228 g/mol. The minimum Gasteiger partial charge on any atom is -0.466 e. The lowest BCUT2D eigenvalue weighted by Gasteiger charge is -2.03. The van der Waals surface area contributed by atoms with Crippen molar-refractivity contribution in [2.24, 2.45) is 0 Å². The maximum atomic E-state index is 11.3. The van der Waals surface area contributed by atoms with Crippen LogP contribution in [-0.2, 0) is 12.8 Å². The highest BCUT2D eigenvalue weighted by Crippen LogP contribution is 2.09. The summed E-state index contributed by atoms with van der Waals surface area (Å²) in [6.07, 6.45) is 1.66. The fourth-order valence-electron chi connectivity index (χ4n) is 1.92. The van der Waals surface area contributed by atoms with Crippen LogP contribution in [0.15, 0.2) is 45.6 Å². The maximum Gasteiger partial charge on any atom is 0.185 e. The standard InChI is InChI=1S/C15H16O2/c1-11-4-3-5-13(8-11)6-7-15-10-14(16)9-12(2)17-15/h3-5,8-10H,6-7H2,1-2H3. The third-order valence-corrected chi connectivity index (χ3v) is 2.68. The summed E-state index contributed by atoms with van der Waals surface area (Å²) in [6, 6.07) is 11.5. The van der Waals surface area contributed by atoms with Gasteiger partial charge in [-0.05, 0) is 25.8 Å². The molecule has 0 radical (unpaired) electrons. The molecule has 2 aromatic rings. The van der Waals surface area contributed by atoms with Crippen molar-refractivity contribution in [3.05, 3.63) is 69.3 Å². The second-order valence-corrected chi connectivity index (χ2v) is 4.36. The van der Waals surface area contributed by atoms with Crippen molar-refractivity contribution in [1.29, 1.82) is 0 Å². The summed E-state index contributed by atoms with van der Waals surface area (Å²) in [5.74, 6) is 1.44. The molecule has 2 nitrogen and oxygen atoms in total. The zero-order valence-electron chi connectivity index (χ0n) is 10.2. The average Bonchev–Trinajstić information content (AvgIpc) is 2.25. The SMILES string of the molecule is Cc1cccc(CCc2cc(=O)cc(C)o2)c1. The minimum atomic E-state index is 0.0213. The number of rotatable bonds is 3. The van der Waals surface area contributed by atoms with Crippen LogP contribution in [0.4, 0.5) is 0 Å². The van der Waals surface area contributed by atoms with Gasteiger partial charge in [-0.2, -0.15) is 0 Å². The van der Waals surface area contributed by atoms with Gasteiger partial charge in [0.2, 0.25) is 0 Å². The first-order valence-corrected chi connectivity index (χ1v) is 5.80. The molecule has 0 N–H and O–H groups in total. The van der Waals surface area contributed by atoms with Gasteiger partial charge < -0.3 is 4.42 Å². The fourth-order valence-corrected chi connectivity index (χ4v) is 1.92. The Hall–Kier alpha value is -1.83. The number of hydrogen-bond donors (Lipinski definition) is 0. The molecule has 1 aromatic heterocycles. The van der Waals surface area contributed by atoms with Crippen molar-refractivity contribution in [2.45, 2.75) is 26.7 Å². The highest BCUT2D eigenvalue weighted by atomic mass is 16.3. The summed E-state index contributed by atoms with van der Waals surface area (Å²) >= 11 is 0. The van der Waals surface area contributed by atoms with E-state index in [2.05, 4.69) is 31.2 Å². The van der Waals surface area contributed by atoms with Crippen LogP contribution in [-0.4, -0.2) is 0 Å². The van der Waals surface area contributed by atoms with Crippen molar-refractivity contribution >= 4 is 0 Å². The van der Waals surface area contributed by atoms with Crippen LogP contribution in [0.3, 0.4) is 0 Å². The van der Waals surface area contributed by atoms with E-state index in [0.29, 0.717) is 5.76 Å². The summed E-state index contributed by atoms with van der Waals surface area (Å²) < 4.78 is 5.51. The zero-order valence-corrected chi connectivity index (χ0v) is 10.2. The predicted octanol–water partition coefficient (Wildman–Crippen LogP) is 3.04. The van der Waals surface area contributed by atoms with E-state index in [-0.39, 0.29) is 5.43 Å². The van der Waals surface area contributed by atoms with Crippen molar-refractivity contribution in [3.8, 4) is 0 Å². The molecule has 2 heteroatoms. The van der Waals surface area contributed by atoms with Gasteiger partial charge in [-0.25, -0.2) is 0 Å². The second-order valence-electron chi connectivity index (χ2n) is 4.36. The Morgan fingerprint density at radius 2 is 1.88 bits per heavy atom. The Morgan fingerprint density at radius 3 is 2.59 bits per heavy atom. The van der Waals surface area contributed by atoms with Gasteiger partial charge in [-0.15, -0.1) is 0 Å². The number of aryl methyl sites for hydroxylation is 4. The summed E-state index contributed by atoms with van der Waals surface area (Å²) in [7, 11) is 0. The smallest absolute Gasteiger partial charge is 0.185 e. The van der Waals surface area contributed by atoms with Crippen LogP contribution in [0.1, 0.15) is 22.6 Å². The highest BCUT2D eigenvalue weighted by molar-refractivity contribution is 5.23. The molecule has 0 atom stereocenters. The quantitative estimate of drug-likeness (QED) is 0.808. The Kier molecular flexibility index (Phi) is 3.43. The largest absolute Gasteiger partial charge is 0.466 e. The lowest BCUT2D eigenvalue weighted by atomic mass is 10.1. The van der Waals surface area contributed by atoms with E-state index < -0.39 is 0 Å². The monoisotopic (exact) mass is 228 g/mol. The Morgan fingerprint density at radius 1 is 1.06 bits per heavy atom. The van der Waals surface area contributed by atoms with Gasteiger partial charge in [-0.3, -0.25) is 4.79 Å². The van der Waals surface area contributed by atoms with Gasteiger partial charge in [0.05, 0.1) is 0 Å². The third kappa shape index (κ3) is 3.31. The normalized spacial score (nSPS) is 10.5. The Balaban J connectivity index is 2.09. The van der Waals surface area contributed by atoms with Crippen LogP contribution >= 0.6 is 0 Å².